The Labute approximate surface area is 150 Å². The van der Waals surface area contributed by atoms with Crippen molar-refractivity contribution in [2.45, 2.75) is 39.7 Å². The summed E-state index contributed by atoms with van der Waals surface area (Å²) >= 11 is 0. The summed E-state index contributed by atoms with van der Waals surface area (Å²) < 4.78 is 11.0. The van der Waals surface area contributed by atoms with E-state index in [-0.39, 0.29) is 6.10 Å². The molecule has 1 aromatic heterocycles. The van der Waals surface area contributed by atoms with Crippen LogP contribution in [-0.2, 0) is 12.8 Å². The van der Waals surface area contributed by atoms with E-state index in [9.17, 15) is 0 Å². The number of hydrogen-bond donors (Lipinski definition) is 2. The van der Waals surface area contributed by atoms with Gasteiger partial charge in [-0.15, -0.1) is 0 Å². The minimum absolute atomic E-state index is 0.201. The lowest BCUT2D eigenvalue weighted by atomic mass is 10.1. The predicted octanol–water partition coefficient (Wildman–Crippen LogP) is 3.41. The molecule has 0 spiro atoms. The number of guanidine groups is 1. The normalized spacial score (nSPS) is 11.6. The molecule has 0 radical (unpaired) electrons. The molecule has 0 saturated heterocycles. The predicted molar refractivity (Wildman–Crippen MR) is 102 cm³/mol. The fraction of sp³-hybridized carbons (Fsp3) is 0.450. The maximum Gasteiger partial charge on any atom is 0.191 e. The second kappa shape index (κ2) is 10.4. The maximum absolute atomic E-state index is 5.67. The van der Waals surface area contributed by atoms with Crippen LogP contribution in [0.15, 0.2) is 52.1 Å². The first kappa shape index (κ1) is 18.9. The molecule has 0 saturated carbocycles. The average Bonchev–Trinajstić information content (AvgIpc) is 3.09. The Morgan fingerprint density at radius 3 is 2.56 bits per heavy atom. The van der Waals surface area contributed by atoms with E-state index in [2.05, 4.69) is 34.7 Å². The Kier molecular flexibility index (Phi) is 7.89. The molecule has 0 bridgehead atoms. The summed E-state index contributed by atoms with van der Waals surface area (Å²) in [5.74, 6) is 2.72. The monoisotopic (exact) mass is 343 g/mol. The maximum atomic E-state index is 5.67. The standard InChI is InChI=1S/C20H29N3O2/c1-4-21-20(23-14-12-18-6-5-15-24-18)22-13-11-17-7-9-19(10-8-17)25-16(2)3/h5-10,15-16H,4,11-14H2,1-3H3,(H2,21,22,23). The van der Waals surface area contributed by atoms with Crippen molar-refractivity contribution in [3.63, 3.8) is 0 Å². The van der Waals surface area contributed by atoms with E-state index < -0.39 is 0 Å². The van der Waals surface area contributed by atoms with E-state index in [4.69, 9.17) is 9.15 Å². The molecule has 0 aliphatic carbocycles. The lowest BCUT2D eigenvalue weighted by Gasteiger charge is -2.12. The molecule has 0 fully saturated rings. The second-order valence-corrected chi connectivity index (χ2v) is 6.08. The molecular formula is C20H29N3O2. The molecule has 0 aliphatic heterocycles. The van der Waals surface area contributed by atoms with Crippen LogP contribution in [0.3, 0.4) is 0 Å². The van der Waals surface area contributed by atoms with Gasteiger partial charge in [-0.2, -0.15) is 0 Å². The summed E-state index contributed by atoms with van der Waals surface area (Å²) in [5.41, 5.74) is 1.27. The molecule has 2 rings (SSSR count). The molecule has 0 unspecified atom stereocenters. The number of furan rings is 1. The van der Waals surface area contributed by atoms with Gasteiger partial charge in [0.1, 0.15) is 11.5 Å². The molecule has 5 nitrogen and oxygen atoms in total. The third-order valence-electron chi connectivity index (χ3n) is 3.55. The van der Waals surface area contributed by atoms with Crippen LogP contribution in [0.5, 0.6) is 5.75 Å². The molecule has 0 atom stereocenters. The average molecular weight is 343 g/mol. The summed E-state index contributed by atoms with van der Waals surface area (Å²) in [4.78, 5) is 4.58. The van der Waals surface area contributed by atoms with Crippen molar-refractivity contribution >= 4 is 5.96 Å². The van der Waals surface area contributed by atoms with Gasteiger partial charge in [-0.3, -0.25) is 4.99 Å². The fourth-order valence-electron chi connectivity index (χ4n) is 2.41. The van der Waals surface area contributed by atoms with Gasteiger partial charge < -0.3 is 19.8 Å². The molecule has 1 heterocycles. The van der Waals surface area contributed by atoms with Crippen molar-refractivity contribution in [3.8, 4) is 5.75 Å². The number of rotatable bonds is 9. The lowest BCUT2D eigenvalue weighted by Crippen LogP contribution is -2.38. The highest BCUT2D eigenvalue weighted by molar-refractivity contribution is 5.79. The fourth-order valence-corrected chi connectivity index (χ4v) is 2.41. The zero-order valence-electron chi connectivity index (χ0n) is 15.4. The van der Waals surface area contributed by atoms with Crippen LogP contribution in [0.4, 0.5) is 0 Å². The number of benzene rings is 1. The lowest BCUT2D eigenvalue weighted by molar-refractivity contribution is 0.242. The largest absolute Gasteiger partial charge is 0.491 e. The van der Waals surface area contributed by atoms with E-state index in [0.717, 1.165) is 43.4 Å². The Bertz CT molecular complexity index is 619. The number of aliphatic imine (C=N–C) groups is 1. The third kappa shape index (κ3) is 7.33. The molecule has 1 aromatic carbocycles. The Balaban J connectivity index is 1.76. The first-order valence-corrected chi connectivity index (χ1v) is 8.97. The van der Waals surface area contributed by atoms with Gasteiger partial charge in [0.05, 0.1) is 12.4 Å². The molecular weight excluding hydrogens is 314 g/mol. The second-order valence-electron chi connectivity index (χ2n) is 6.08. The summed E-state index contributed by atoms with van der Waals surface area (Å²) in [5, 5.41) is 6.64. The van der Waals surface area contributed by atoms with Crippen LogP contribution in [0.1, 0.15) is 32.1 Å². The van der Waals surface area contributed by atoms with Gasteiger partial charge in [0.2, 0.25) is 0 Å². The van der Waals surface area contributed by atoms with Gasteiger partial charge in [0.25, 0.3) is 0 Å². The van der Waals surface area contributed by atoms with Gasteiger partial charge in [0, 0.05) is 26.1 Å². The Morgan fingerprint density at radius 2 is 1.92 bits per heavy atom. The smallest absolute Gasteiger partial charge is 0.191 e. The van der Waals surface area contributed by atoms with Crippen LogP contribution in [0.2, 0.25) is 0 Å². The van der Waals surface area contributed by atoms with Gasteiger partial charge >= 0.3 is 0 Å². The molecule has 5 heteroatoms. The zero-order valence-corrected chi connectivity index (χ0v) is 15.4. The first-order valence-electron chi connectivity index (χ1n) is 8.97. The van der Waals surface area contributed by atoms with Crippen LogP contribution >= 0.6 is 0 Å². The van der Waals surface area contributed by atoms with Crippen molar-refractivity contribution in [2.24, 2.45) is 4.99 Å². The van der Waals surface area contributed by atoms with Gasteiger partial charge in [-0.05, 0) is 57.0 Å². The minimum Gasteiger partial charge on any atom is -0.491 e. The highest BCUT2D eigenvalue weighted by atomic mass is 16.5. The van der Waals surface area contributed by atoms with Gasteiger partial charge in [-0.1, -0.05) is 12.1 Å². The quantitative estimate of drug-likeness (QED) is 0.541. The molecule has 25 heavy (non-hydrogen) atoms. The van der Waals surface area contributed by atoms with Gasteiger partial charge in [-0.25, -0.2) is 0 Å². The van der Waals surface area contributed by atoms with Crippen LogP contribution < -0.4 is 15.4 Å². The number of nitrogens with one attached hydrogen (secondary N) is 2. The number of nitrogens with zero attached hydrogens (tertiary/aromatic N) is 1. The molecule has 2 N–H and O–H groups in total. The summed E-state index contributed by atoms with van der Waals surface area (Å²) in [6.45, 7) is 8.50. The molecule has 0 amide bonds. The van der Waals surface area contributed by atoms with E-state index in [1.165, 1.54) is 5.56 Å². The number of ether oxygens (including phenoxy) is 1. The van der Waals surface area contributed by atoms with Crippen molar-refractivity contribution in [1.29, 1.82) is 0 Å². The number of hydrogen-bond acceptors (Lipinski definition) is 3. The first-order chi connectivity index (χ1) is 12.2. The Morgan fingerprint density at radius 1 is 1.12 bits per heavy atom. The van der Waals surface area contributed by atoms with Crippen molar-refractivity contribution in [2.75, 3.05) is 19.6 Å². The summed E-state index contributed by atoms with van der Waals surface area (Å²) in [6, 6.07) is 12.2. The third-order valence-corrected chi connectivity index (χ3v) is 3.55. The van der Waals surface area contributed by atoms with E-state index in [1.54, 1.807) is 6.26 Å². The molecule has 136 valence electrons. The van der Waals surface area contributed by atoms with Crippen molar-refractivity contribution in [1.82, 2.24) is 10.6 Å². The molecule has 0 aliphatic rings. The van der Waals surface area contributed by atoms with E-state index >= 15 is 0 Å². The topological polar surface area (TPSA) is 58.8 Å². The van der Waals surface area contributed by atoms with E-state index in [1.807, 2.05) is 38.1 Å². The zero-order chi connectivity index (χ0) is 17.9. The summed E-state index contributed by atoms with van der Waals surface area (Å²) in [7, 11) is 0. The summed E-state index contributed by atoms with van der Waals surface area (Å²) in [6.07, 6.45) is 3.64. The van der Waals surface area contributed by atoms with Crippen molar-refractivity contribution < 1.29 is 9.15 Å². The van der Waals surface area contributed by atoms with Crippen LogP contribution in [0.25, 0.3) is 0 Å². The van der Waals surface area contributed by atoms with Crippen LogP contribution in [0, 0.1) is 0 Å². The van der Waals surface area contributed by atoms with E-state index in [0.29, 0.717) is 6.54 Å². The van der Waals surface area contributed by atoms with Gasteiger partial charge in [0.15, 0.2) is 5.96 Å². The SMILES string of the molecule is CCNC(=NCCc1ccco1)NCCc1ccc(OC(C)C)cc1. The Hall–Kier alpha value is -2.43. The van der Waals surface area contributed by atoms with Crippen molar-refractivity contribution in [3.05, 3.63) is 54.0 Å². The molecule has 2 aromatic rings. The highest BCUT2D eigenvalue weighted by Gasteiger charge is 2.01. The minimum atomic E-state index is 0.201. The highest BCUT2D eigenvalue weighted by Crippen LogP contribution is 2.13. The van der Waals surface area contributed by atoms with Crippen LogP contribution in [-0.4, -0.2) is 31.7 Å².